The van der Waals surface area contributed by atoms with E-state index >= 15 is 0 Å². The fourth-order valence-electron chi connectivity index (χ4n) is 3.90. The first-order valence-corrected chi connectivity index (χ1v) is 9.65. The van der Waals surface area contributed by atoms with Crippen LogP contribution >= 0.6 is 0 Å². The smallest absolute Gasteiger partial charge is 0.337 e. The fraction of sp³-hybridized carbons (Fsp3) is 0.217. The molecule has 8 heteroatoms. The van der Waals surface area contributed by atoms with Gasteiger partial charge in [-0.2, -0.15) is 0 Å². The van der Waals surface area contributed by atoms with E-state index in [0.717, 1.165) is 0 Å². The van der Waals surface area contributed by atoms with E-state index in [4.69, 9.17) is 15.7 Å². The number of pyridine rings is 1. The van der Waals surface area contributed by atoms with Crippen LogP contribution < -0.4 is 16.3 Å². The Kier molecular flexibility index (Phi) is 5.17. The van der Waals surface area contributed by atoms with Gasteiger partial charge in [0.25, 0.3) is 5.56 Å². The van der Waals surface area contributed by atoms with Gasteiger partial charge in [0.15, 0.2) is 12.0 Å². The summed E-state index contributed by atoms with van der Waals surface area (Å²) >= 11 is 0. The molecule has 1 atom stereocenters. The maximum Gasteiger partial charge on any atom is 0.337 e. The van der Waals surface area contributed by atoms with E-state index in [-0.39, 0.29) is 29.7 Å². The molecule has 3 heterocycles. The number of aromatic nitrogens is 1. The summed E-state index contributed by atoms with van der Waals surface area (Å²) < 4.78 is 11.2. The van der Waals surface area contributed by atoms with Gasteiger partial charge in [-0.25, -0.2) is 11.4 Å². The van der Waals surface area contributed by atoms with Crippen molar-refractivity contribution in [2.75, 3.05) is 18.5 Å². The van der Waals surface area contributed by atoms with Crippen molar-refractivity contribution in [3.63, 3.8) is 0 Å². The number of esters is 1. The van der Waals surface area contributed by atoms with Crippen LogP contribution in [0.4, 0.5) is 5.69 Å². The Morgan fingerprint density at radius 1 is 1.26 bits per heavy atom. The highest BCUT2D eigenvalue weighted by atomic mass is 16.5. The summed E-state index contributed by atoms with van der Waals surface area (Å²) in [6.07, 6.45) is 1.52. The number of ether oxygens (including phenoxy) is 1. The zero-order valence-electron chi connectivity index (χ0n) is 16.9. The molecule has 0 amide bonds. The van der Waals surface area contributed by atoms with E-state index in [9.17, 15) is 14.4 Å². The number of rotatable bonds is 4. The maximum atomic E-state index is 13.0. The number of carbonyl (C=O) groups is 1. The maximum absolute atomic E-state index is 13.0. The number of nitrogens with one attached hydrogen (secondary N) is 2. The Morgan fingerprint density at radius 2 is 2.06 bits per heavy atom. The number of nitrogens with zero attached hydrogens (tertiary/aromatic N) is 1. The van der Waals surface area contributed by atoms with Gasteiger partial charge in [0.05, 0.1) is 22.4 Å². The molecule has 1 unspecified atom stereocenters. The molecule has 0 saturated heterocycles. The first kappa shape index (κ1) is 20.2. The molecular weight excluding hydrogens is 398 g/mol. The second-order valence-electron chi connectivity index (χ2n) is 7.19. The molecule has 0 fully saturated rings. The van der Waals surface area contributed by atoms with Crippen LogP contribution in [0, 0.1) is 13.5 Å². The van der Waals surface area contributed by atoms with E-state index in [1.165, 1.54) is 12.3 Å². The number of anilines is 1. The number of hydrogen-bond acceptors (Lipinski definition) is 6. The molecule has 2 aromatic heterocycles. The highest BCUT2D eigenvalue weighted by molar-refractivity contribution is 5.96. The predicted octanol–water partition coefficient (Wildman–Crippen LogP) is 3.08. The van der Waals surface area contributed by atoms with Crippen molar-refractivity contribution in [2.24, 2.45) is 0 Å². The Balaban J connectivity index is 2.00. The van der Waals surface area contributed by atoms with Gasteiger partial charge in [-0.05, 0) is 26.0 Å². The van der Waals surface area contributed by atoms with Crippen molar-refractivity contribution in [3.05, 3.63) is 96.7 Å². The van der Waals surface area contributed by atoms with Gasteiger partial charge in [0, 0.05) is 29.2 Å². The first-order valence-electron chi connectivity index (χ1n) is 9.65. The lowest BCUT2D eigenvalue weighted by molar-refractivity contribution is -0.138. The first-order chi connectivity index (χ1) is 14.9. The van der Waals surface area contributed by atoms with Crippen LogP contribution in [-0.2, 0) is 9.53 Å². The molecule has 0 aliphatic carbocycles. The van der Waals surface area contributed by atoms with Gasteiger partial charge in [-0.1, -0.05) is 12.1 Å². The average molecular weight is 417 g/mol. The third-order valence-corrected chi connectivity index (χ3v) is 5.18. The van der Waals surface area contributed by atoms with Crippen LogP contribution in [-0.4, -0.2) is 24.1 Å². The highest BCUT2D eigenvalue weighted by Crippen LogP contribution is 2.42. The second-order valence-corrected chi connectivity index (χ2v) is 7.19. The summed E-state index contributed by atoms with van der Waals surface area (Å²) in [6.45, 7) is 10.2. The van der Waals surface area contributed by atoms with Gasteiger partial charge in [0.1, 0.15) is 11.3 Å². The number of aromatic amines is 1. The minimum atomic E-state index is -0.824. The van der Waals surface area contributed by atoms with Gasteiger partial charge < -0.3 is 24.3 Å². The van der Waals surface area contributed by atoms with E-state index in [1.807, 2.05) is 0 Å². The monoisotopic (exact) mass is 417 g/mol. The van der Waals surface area contributed by atoms with Crippen LogP contribution in [0.2, 0.25) is 0 Å². The molecule has 0 spiro atoms. The summed E-state index contributed by atoms with van der Waals surface area (Å²) in [5.74, 6) is -1.04. The van der Waals surface area contributed by atoms with Crippen molar-refractivity contribution >= 4 is 22.6 Å². The number of hydrogen-bond donors (Lipinski definition) is 2. The van der Waals surface area contributed by atoms with E-state index < -0.39 is 11.9 Å². The summed E-state index contributed by atoms with van der Waals surface area (Å²) in [6, 6.07) is 8.18. The molecule has 1 aliphatic heterocycles. The molecule has 4 rings (SSSR count). The largest absolute Gasteiger partial charge is 0.461 e. The lowest BCUT2D eigenvalue weighted by Crippen LogP contribution is -2.30. The number of fused-ring (bicyclic) bond motifs is 2. The molecule has 8 nitrogen and oxygen atoms in total. The van der Waals surface area contributed by atoms with E-state index in [1.54, 1.807) is 38.1 Å². The molecule has 31 heavy (non-hydrogen) atoms. The topological polar surface area (TPSA) is 106 Å². The van der Waals surface area contributed by atoms with Crippen LogP contribution in [0.3, 0.4) is 0 Å². The van der Waals surface area contributed by atoms with Gasteiger partial charge in [-0.3, -0.25) is 9.59 Å². The third-order valence-electron chi connectivity index (χ3n) is 5.18. The minimum Gasteiger partial charge on any atom is -0.461 e. The summed E-state index contributed by atoms with van der Waals surface area (Å²) in [4.78, 5) is 44.3. The molecule has 0 radical (unpaired) electrons. The Hall–Kier alpha value is -4.12. The normalized spacial score (nSPS) is 15.2. The number of para-hydroxylation sites is 1. The predicted molar refractivity (Wildman–Crippen MR) is 115 cm³/mol. The SMILES string of the molecule is [C-]#[N+]CCOC(=O)C1=C(C)Nc2cc[nH]c(=O)c2C1c1cccc2c(=O)cc(C)oc12. The van der Waals surface area contributed by atoms with Crippen LogP contribution in [0.25, 0.3) is 15.8 Å². The molecular formula is C23H19N3O5. The van der Waals surface area contributed by atoms with Gasteiger partial charge in [-0.15, -0.1) is 0 Å². The Bertz CT molecular complexity index is 1390. The average Bonchev–Trinajstić information content (AvgIpc) is 2.72. The van der Waals surface area contributed by atoms with Crippen molar-refractivity contribution in [1.82, 2.24) is 4.98 Å². The number of carbonyl (C=O) groups excluding carboxylic acids is 1. The molecule has 0 saturated carbocycles. The number of H-pyrrole nitrogens is 1. The van der Waals surface area contributed by atoms with Crippen LogP contribution in [0.15, 0.2) is 61.8 Å². The van der Waals surface area contributed by atoms with Gasteiger partial charge in [0.2, 0.25) is 6.54 Å². The summed E-state index contributed by atoms with van der Waals surface area (Å²) in [5, 5.41) is 3.45. The zero-order valence-corrected chi connectivity index (χ0v) is 16.9. The fourth-order valence-corrected chi connectivity index (χ4v) is 3.90. The molecule has 2 N–H and O–H groups in total. The summed E-state index contributed by atoms with van der Waals surface area (Å²) in [5.41, 5.74) is 1.85. The number of benzene rings is 1. The van der Waals surface area contributed by atoms with Crippen molar-refractivity contribution in [1.29, 1.82) is 0 Å². The standard InChI is InChI=1S/C23H19N3O5/c1-12-11-17(27)14-5-4-6-15(21(14)31-12)19-18(23(29)30-10-9-24-3)13(2)26-16-7-8-25-22(28)20(16)19/h4-8,11,19,26H,9-10H2,1-2H3,(H,25,28). The molecule has 156 valence electrons. The quantitative estimate of drug-likeness (QED) is 0.384. The van der Waals surface area contributed by atoms with Crippen molar-refractivity contribution in [3.8, 4) is 0 Å². The van der Waals surface area contributed by atoms with Crippen molar-refractivity contribution < 1.29 is 13.9 Å². The second kappa shape index (κ2) is 7.95. The molecule has 1 aliphatic rings. The lowest BCUT2D eigenvalue weighted by Gasteiger charge is -2.29. The van der Waals surface area contributed by atoms with E-state index in [2.05, 4.69) is 15.1 Å². The Labute approximate surface area is 177 Å². The third kappa shape index (κ3) is 3.51. The molecule has 0 bridgehead atoms. The van der Waals surface area contributed by atoms with E-state index in [0.29, 0.717) is 39.2 Å². The Morgan fingerprint density at radius 3 is 2.84 bits per heavy atom. The van der Waals surface area contributed by atoms with Crippen LogP contribution in [0.5, 0.6) is 0 Å². The van der Waals surface area contributed by atoms with Gasteiger partial charge >= 0.3 is 5.97 Å². The van der Waals surface area contributed by atoms with Crippen molar-refractivity contribution in [2.45, 2.75) is 19.8 Å². The van der Waals surface area contributed by atoms with Crippen LogP contribution in [0.1, 0.15) is 29.7 Å². The highest BCUT2D eigenvalue weighted by Gasteiger charge is 2.36. The number of allylic oxidation sites excluding steroid dienone is 1. The minimum absolute atomic E-state index is 0.0374. The summed E-state index contributed by atoms with van der Waals surface area (Å²) in [7, 11) is 0. The lowest BCUT2D eigenvalue weighted by atomic mass is 9.80. The molecule has 1 aromatic carbocycles. The molecule has 3 aromatic rings. The number of aryl methyl sites for hydroxylation is 1. The zero-order chi connectivity index (χ0) is 22.1.